The third-order valence-electron chi connectivity index (χ3n) is 2.54. The summed E-state index contributed by atoms with van der Waals surface area (Å²) in [5, 5.41) is 0. The minimum Gasteiger partial charge on any atom is -0.0901 e. The van der Waals surface area contributed by atoms with E-state index in [1.165, 1.54) is 15.4 Å². The Balaban J connectivity index is 2.17. The molecule has 1 aliphatic carbocycles. The monoisotopic (exact) mass is 198 g/mol. The van der Waals surface area contributed by atoms with Gasteiger partial charge in [0.05, 0.1) is 0 Å². The van der Waals surface area contributed by atoms with Crippen molar-refractivity contribution in [3.05, 3.63) is 65.1 Å². The Morgan fingerprint density at radius 3 is 3.00 bits per heavy atom. The molecule has 14 heavy (non-hydrogen) atoms. The van der Waals surface area contributed by atoms with E-state index in [0.717, 1.165) is 0 Å². The molecule has 0 fully saturated rings. The van der Waals surface area contributed by atoms with Gasteiger partial charge in [0.25, 0.3) is 0 Å². The Morgan fingerprint density at radius 2 is 2.00 bits per heavy atom. The smallest absolute Gasteiger partial charge is 0.0226 e. The topological polar surface area (TPSA) is 0 Å². The van der Waals surface area contributed by atoms with Gasteiger partial charge in [-0.1, -0.05) is 54.3 Å². The number of hydrogen-bond donors (Lipinski definition) is 0. The third kappa shape index (κ3) is 1.25. The zero-order valence-electron chi connectivity index (χ0n) is 7.68. The van der Waals surface area contributed by atoms with Gasteiger partial charge in [-0.25, -0.2) is 0 Å². The van der Waals surface area contributed by atoms with Crippen molar-refractivity contribution in [2.24, 2.45) is 0 Å². The second-order valence-corrected chi connectivity index (χ2v) is 4.59. The highest BCUT2D eigenvalue weighted by molar-refractivity contribution is 8.03. The molecule has 0 radical (unpaired) electrons. The van der Waals surface area contributed by atoms with Crippen LogP contribution in [0.25, 0.3) is 0 Å². The van der Waals surface area contributed by atoms with Crippen LogP contribution in [0.4, 0.5) is 0 Å². The molecule has 1 aromatic carbocycles. The molecule has 1 atom stereocenters. The number of hydrogen-bond acceptors (Lipinski definition) is 1. The average molecular weight is 198 g/mol. The van der Waals surface area contributed by atoms with Gasteiger partial charge in [-0.15, -0.1) is 0 Å². The SMILES string of the molecule is C1=CC2=CC(C=C1)c1ccccc1S2. The maximum atomic E-state index is 2.33. The predicted molar refractivity (Wildman–Crippen MR) is 61.4 cm³/mol. The van der Waals surface area contributed by atoms with Crippen molar-refractivity contribution in [2.75, 3.05) is 0 Å². The lowest BCUT2D eigenvalue weighted by Gasteiger charge is -2.19. The van der Waals surface area contributed by atoms with Gasteiger partial charge in [0.2, 0.25) is 0 Å². The van der Waals surface area contributed by atoms with Crippen LogP contribution >= 0.6 is 11.8 Å². The molecule has 1 aliphatic heterocycles. The fourth-order valence-corrected chi connectivity index (χ4v) is 2.94. The second kappa shape index (κ2) is 3.18. The van der Waals surface area contributed by atoms with Crippen LogP contribution in [0.2, 0.25) is 0 Å². The summed E-state index contributed by atoms with van der Waals surface area (Å²) in [7, 11) is 0. The van der Waals surface area contributed by atoms with Gasteiger partial charge < -0.3 is 0 Å². The number of thioether (sulfide) groups is 1. The Kier molecular flexibility index (Phi) is 1.84. The molecule has 1 aromatic rings. The molecule has 0 saturated carbocycles. The van der Waals surface area contributed by atoms with Crippen LogP contribution in [0.5, 0.6) is 0 Å². The van der Waals surface area contributed by atoms with E-state index in [9.17, 15) is 0 Å². The molecule has 0 N–H and O–H groups in total. The maximum Gasteiger partial charge on any atom is 0.0226 e. The molecule has 1 heterocycles. The molecule has 0 spiro atoms. The van der Waals surface area contributed by atoms with Gasteiger partial charge in [-0.3, -0.25) is 0 Å². The van der Waals surface area contributed by atoms with E-state index in [2.05, 4.69) is 54.6 Å². The molecule has 1 unspecified atom stereocenters. The van der Waals surface area contributed by atoms with Gasteiger partial charge in [-0.05, 0) is 17.7 Å². The fourth-order valence-electron chi connectivity index (χ4n) is 1.86. The first-order valence-electron chi connectivity index (χ1n) is 4.77. The maximum absolute atomic E-state index is 2.33. The van der Waals surface area contributed by atoms with Crippen molar-refractivity contribution < 1.29 is 0 Å². The Bertz CT molecular complexity index is 452. The summed E-state index contributed by atoms with van der Waals surface area (Å²) in [5.74, 6) is 0.470. The van der Waals surface area contributed by atoms with E-state index < -0.39 is 0 Å². The molecular formula is C13H10S. The highest BCUT2D eigenvalue weighted by Gasteiger charge is 2.17. The van der Waals surface area contributed by atoms with Crippen LogP contribution in [-0.2, 0) is 0 Å². The molecule has 0 saturated heterocycles. The number of fused-ring (bicyclic) bond motifs is 3. The van der Waals surface area contributed by atoms with E-state index in [4.69, 9.17) is 0 Å². The molecule has 0 amide bonds. The van der Waals surface area contributed by atoms with Crippen molar-refractivity contribution >= 4 is 11.8 Å². The summed E-state index contributed by atoms with van der Waals surface area (Å²) in [4.78, 5) is 2.75. The summed E-state index contributed by atoms with van der Waals surface area (Å²) < 4.78 is 0. The molecule has 2 bridgehead atoms. The lowest BCUT2D eigenvalue weighted by molar-refractivity contribution is 1.02. The Hall–Kier alpha value is -1.21. The molecule has 2 aliphatic rings. The van der Waals surface area contributed by atoms with Crippen LogP contribution in [-0.4, -0.2) is 0 Å². The molecule has 1 heteroatoms. The van der Waals surface area contributed by atoms with Crippen LogP contribution in [0.15, 0.2) is 64.4 Å². The van der Waals surface area contributed by atoms with Gasteiger partial charge >= 0.3 is 0 Å². The minimum atomic E-state index is 0.470. The van der Waals surface area contributed by atoms with E-state index in [-0.39, 0.29) is 0 Å². The van der Waals surface area contributed by atoms with Crippen molar-refractivity contribution in [3.63, 3.8) is 0 Å². The summed E-state index contributed by atoms with van der Waals surface area (Å²) in [5.41, 5.74) is 1.43. The number of benzene rings is 1. The first-order valence-corrected chi connectivity index (χ1v) is 5.58. The van der Waals surface area contributed by atoms with E-state index in [1.54, 1.807) is 0 Å². The molecule has 68 valence electrons. The number of rotatable bonds is 0. The van der Waals surface area contributed by atoms with Gasteiger partial charge in [0.15, 0.2) is 0 Å². The van der Waals surface area contributed by atoms with Gasteiger partial charge in [0, 0.05) is 15.7 Å². The normalized spacial score (nSPS) is 22.6. The lowest BCUT2D eigenvalue weighted by atomic mass is 9.98. The molecular weight excluding hydrogens is 188 g/mol. The summed E-state index contributed by atoms with van der Waals surface area (Å²) >= 11 is 1.86. The highest BCUT2D eigenvalue weighted by Crippen LogP contribution is 2.42. The van der Waals surface area contributed by atoms with Gasteiger partial charge in [-0.2, -0.15) is 0 Å². The van der Waals surface area contributed by atoms with Crippen molar-refractivity contribution in [2.45, 2.75) is 10.8 Å². The Morgan fingerprint density at radius 1 is 1.07 bits per heavy atom. The Labute approximate surface area is 88.0 Å². The molecule has 3 rings (SSSR count). The summed E-state index contributed by atoms with van der Waals surface area (Å²) in [6, 6.07) is 8.64. The van der Waals surface area contributed by atoms with Crippen LogP contribution in [0.3, 0.4) is 0 Å². The number of allylic oxidation sites excluding steroid dienone is 5. The van der Waals surface area contributed by atoms with Crippen LogP contribution in [0.1, 0.15) is 11.5 Å². The van der Waals surface area contributed by atoms with Crippen molar-refractivity contribution in [1.29, 1.82) is 0 Å². The van der Waals surface area contributed by atoms with Crippen LogP contribution < -0.4 is 0 Å². The summed E-state index contributed by atoms with van der Waals surface area (Å²) in [6.45, 7) is 0. The molecule has 0 aromatic heterocycles. The predicted octanol–water partition coefficient (Wildman–Crippen LogP) is 3.89. The zero-order valence-corrected chi connectivity index (χ0v) is 8.50. The highest BCUT2D eigenvalue weighted by atomic mass is 32.2. The molecule has 0 nitrogen and oxygen atoms in total. The lowest BCUT2D eigenvalue weighted by Crippen LogP contribution is -1.98. The van der Waals surface area contributed by atoms with Crippen molar-refractivity contribution in [3.8, 4) is 0 Å². The standard InChI is InChI=1S/C13H10S/c1-2-6-11-9-10(5-1)12-7-3-4-8-13(12)14-11/h1-10H. The zero-order chi connectivity index (χ0) is 9.38. The third-order valence-corrected chi connectivity index (χ3v) is 3.64. The van der Waals surface area contributed by atoms with E-state index in [1.807, 2.05) is 11.8 Å². The first kappa shape index (κ1) is 8.13. The quantitative estimate of drug-likeness (QED) is 0.609. The van der Waals surface area contributed by atoms with Crippen LogP contribution in [0, 0.1) is 0 Å². The average Bonchev–Trinajstić information content (AvgIpc) is 2.41. The fraction of sp³-hybridized carbons (Fsp3) is 0.0769. The minimum absolute atomic E-state index is 0.470. The summed E-state index contributed by atoms with van der Waals surface area (Å²) in [6.07, 6.45) is 11.0. The second-order valence-electron chi connectivity index (χ2n) is 3.48. The van der Waals surface area contributed by atoms with E-state index in [0.29, 0.717) is 5.92 Å². The largest absolute Gasteiger partial charge is 0.0901 e. The van der Waals surface area contributed by atoms with Crippen molar-refractivity contribution in [1.82, 2.24) is 0 Å². The van der Waals surface area contributed by atoms with Gasteiger partial charge in [0.1, 0.15) is 0 Å². The van der Waals surface area contributed by atoms with E-state index >= 15 is 0 Å². The first-order chi connectivity index (χ1) is 6.93.